The average Bonchev–Trinajstić information content (AvgIpc) is 2.72. The first-order valence-corrected chi connectivity index (χ1v) is 7.89. The monoisotopic (exact) mass is 337 g/mol. The second-order valence-corrected chi connectivity index (χ2v) is 6.41. The van der Waals surface area contributed by atoms with E-state index in [-0.39, 0.29) is 24.4 Å². The van der Waals surface area contributed by atoms with Crippen LogP contribution in [0.15, 0.2) is 12.1 Å². The van der Waals surface area contributed by atoms with E-state index in [1.54, 1.807) is 0 Å². The van der Waals surface area contributed by atoms with Crippen molar-refractivity contribution in [1.29, 1.82) is 0 Å². The second kappa shape index (κ2) is 7.20. The lowest BCUT2D eigenvalue weighted by Crippen LogP contribution is -2.31. The molecule has 1 aliphatic carbocycles. The molecule has 1 N–H and O–H groups in total. The molecule has 1 amide bonds. The zero-order valence-electron chi connectivity index (χ0n) is 14.0. The molecule has 4 nitrogen and oxygen atoms in total. The molecule has 0 spiro atoms. The molecule has 1 aromatic rings. The van der Waals surface area contributed by atoms with Crippen LogP contribution < -0.4 is 5.32 Å². The largest absolute Gasteiger partial charge is 0.350 e. The topological polar surface area (TPSA) is 63.2 Å². The van der Waals surface area contributed by atoms with E-state index in [1.807, 2.05) is 32.9 Å². The lowest BCUT2D eigenvalue weighted by molar-refractivity contribution is -0.128. The number of halogens is 2. The number of benzene rings is 1. The molecule has 1 fully saturated rings. The third-order valence-corrected chi connectivity index (χ3v) is 4.37. The highest BCUT2D eigenvalue weighted by Gasteiger charge is 2.43. The van der Waals surface area contributed by atoms with Crippen LogP contribution in [0.4, 0.5) is 8.78 Å². The van der Waals surface area contributed by atoms with Gasteiger partial charge in [-0.2, -0.15) is 0 Å². The van der Waals surface area contributed by atoms with E-state index in [0.29, 0.717) is 5.56 Å². The Kier molecular flexibility index (Phi) is 5.47. The Morgan fingerprint density at radius 2 is 1.79 bits per heavy atom. The van der Waals surface area contributed by atoms with Crippen molar-refractivity contribution in [3.63, 3.8) is 0 Å². The van der Waals surface area contributed by atoms with Crippen LogP contribution in [0.25, 0.3) is 0 Å². The minimum absolute atomic E-state index is 0.0155. The third-order valence-electron chi connectivity index (χ3n) is 4.37. The molecule has 1 aromatic carbocycles. The van der Waals surface area contributed by atoms with Crippen molar-refractivity contribution >= 4 is 17.5 Å². The number of Topliss-reactive ketones (excluding diaryl/α,β-unsaturated/α-hetero) is 2. The first-order chi connectivity index (χ1) is 11.2. The number of alkyl halides is 2. The zero-order valence-corrected chi connectivity index (χ0v) is 14.0. The lowest BCUT2D eigenvalue weighted by atomic mass is 9.86. The van der Waals surface area contributed by atoms with Gasteiger partial charge >= 0.3 is 0 Å². The molecule has 0 saturated heterocycles. The number of nitrogens with one attached hydrogen (secondary N) is 1. The summed E-state index contributed by atoms with van der Waals surface area (Å²) in [5, 5.41) is 2.08. The predicted molar refractivity (Wildman–Crippen MR) is 85.1 cm³/mol. The van der Waals surface area contributed by atoms with Gasteiger partial charge in [0.25, 0.3) is 6.43 Å². The van der Waals surface area contributed by atoms with E-state index in [1.165, 1.54) is 0 Å². The Morgan fingerprint density at radius 1 is 1.21 bits per heavy atom. The molecule has 6 heteroatoms. The van der Waals surface area contributed by atoms with Gasteiger partial charge in [-0.25, -0.2) is 8.78 Å². The maximum atomic E-state index is 12.6. The van der Waals surface area contributed by atoms with Gasteiger partial charge in [0, 0.05) is 18.8 Å². The van der Waals surface area contributed by atoms with Crippen LogP contribution in [-0.4, -0.2) is 30.4 Å². The van der Waals surface area contributed by atoms with Crippen LogP contribution in [-0.2, 0) is 14.4 Å². The van der Waals surface area contributed by atoms with Gasteiger partial charge in [-0.1, -0.05) is 17.7 Å². The number of aryl methyl sites for hydroxylation is 3. The van der Waals surface area contributed by atoms with E-state index in [4.69, 9.17) is 0 Å². The van der Waals surface area contributed by atoms with Gasteiger partial charge < -0.3 is 5.32 Å². The smallest absolute Gasteiger partial charge is 0.255 e. The van der Waals surface area contributed by atoms with Crippen LogP contribution in [0.1, 0.15) is 41.0 Å². The summed E-state index contributed by atoms with van der Waals surface area (Å²) in [6.45, 7) is 4.92. The van der Waals surface area contributed by atoms with Gasteiger partial charge in [0.1, 0.15) is 11.7 Å². The van der Waals surface area contributed by atoms with Crippen LogP contribution in [0.3, 0.4) is 0 Å². The summed E-state index contributed by atoms with van der Waals surface area (Å²) in [5.74, 6) is -2.71. The number of amides is 1. The van der Waals surface area contributed by atoms with Crippen molar-refractivity contribution < 1.29 is 23.2 Å². The summed E-state index contributed by atoms with van der Waals surface area (Å²) in [7, 11) is 0. The number of hydrogen-bond donors (Lipinski definition) is 1. The molecular formula is C18H21F2NO3. The first kappa shape index (κ1) is 18.2. The van der Waals surface area contributed by atoms with Gasteiger partial charge in [0.2, 0.25) is 5.91 Å². The standard InChI is InChI=1S/C18H21F2NO3/c1-9-4-10(2)16(11(3)5-9)17-13(22)6-12(18(17)24)7-15(23)21-8-14(19)20/h4-5,12,14,17H,6-8H2,1-3H3,(H,21,23). The fourth-order valence-corrected chi connectivity index (χ4v) is 3.47. The van der Waals surface area contributed by atoms with Crippen LogP contribution in [0.5, 0.6) is 0 Å². The normalized spacial score (nSPS) is 20.8. The van der Waals surface area contributed by atoms with Gasteiger partial charge in [-0.15, -0.1) is 0 Å². The molecule has 0 aromatic heterocycles. The van der Waals surface area contributed by atoms with Gasteiger partial charge in [0.15, 0.2) is 5.78 Å². The summed E-state index contributed by atoms with van der Waals surface area (Å²) in [4.78, 5) is 36.7. The fourth-order valence-electron chi connectivity index (χ4n) is 3.47. The quantitative estimate of drug-likeness (QED) is 0.840. The SMILES string of the molecule is Cc1cc(C)c(C2C(=O)CC(CC(=O)NCC(F)F)C2=O)c(C)c1. The van der Waals surface area contributed by atoms with Crippen LogP contribution >= 0.6 is 0 Å². The highest BCUT2D eigenvalue weighted by atomic mass is 19.3. The van der Waals surface area contributed by atoms with Crippen LogP contribution in [0, 0.1) is 26.7 Å². The molecule has 1 aliphatic rings. The van der Waals surface area contributed by atoms with E-state index >= 15 is 0 Å². The van der Waals surface area contributed by atoms with Crippen molar-refractivity contribution in [2.24, 2.45) is 5.92 Å². The number of carbonyl (C=O) groups excluding carboxylic acids is 3. The number of hydrogen-bond acceptors (Lipinski definition) is 3. The maximum absolute atomic E-state index is 12.6. The minimum Gasteiger partial charge on any atom is -0.350 e. The molecule has 0 heterocycles. The maximum Gasteiger partial charge on any atom is 0.255 e. The fraction of sp³-hybridized carbons (Fsp3) is 0.500. The summed E-state index contributed by atoms with van der Waals surface area (Å²) >= 11 is 0. The van der Waals surface area contributed by atoms with Crippen molar-refractivity contribution in [1.82, 2.24) is 5.32 Å². The molecule has 0 bridgehead atoms. The Morgan fingerprint density at radius 3 is 2.33 bits per heavy atom. The molecule has 2 rings (SSSR count). The summed E-state index contributed by atoms with van der Waals surface area (Å²) < 4.78 is 24.2. The number of ketones is 2. The van der Waals surface area contributed by atoms with Gasteiger partial charge in [0.05, 0.1) is 6.54 Å². The Labute approximate surface area is 139 Å². The van der Waals surface area contributed by atoms with Crippen molar-refractivity contribution in [2.45, 2.75) is 46.0 Å². The number of carbonyl (C=O) groups is 3. The second-order valence-electron chi connectivity index (χ2n) is 6.41. The Hall–Kier alpha value is -2.11. The third kappa shape index (κ3) is 3.86. The summed E-state index contributed by atoms with van der Waals surface area (Å²) in [6, 6.07) is 3.84. The Balaban J connectivity index is 2.17. The Bertz CT molecular complexity index is 662. The highest BCUT2D eigenvalue weighted by Crippen LogP contribution is 2.37. The summed E-state index contributed by atoms with van der Waals surface area (Å²) in [6.07, 6.45) is -2.88. The molecular weight excluding hydrogens is 316 g/mol. The van der Waals surface area contributed by atoms with Gasteiger partial charge in [-0.3, -0.25) is 14.4 Å². The zero-order chi connectivity index (χ0) is 18.0. The highest BCUT2D eigenvalue weighted by molar-refractivity contribution is 6.15. The van der Waals surface area contributed by atoms with Crippen molar-refractivity contribution in [3.8, 4) is 0 Å². The lowest BCUT2D eigenvalue weighted by Gasteiger charge is -2.16. The van der Waals surface area contributed by atoms with Crippen molar-refractivity contribution in [2.75, 3.05) is 6.54 Å². The molecule has 2 atom stereocenters. The molecule has 130 valence electrons. The predicted octanol–water partition coefficient (Wildman–Crippen LogP) is 2.62. The van der Waals surface area contributed by atoms with E-state index in [2.05, 4.69) is 5.32 Å². The van der Waals surface area contributed by atoms with E-state index in [9.17, 15) is 23.2 Å². The van der Waals surface area contributed by atoms with Gasteiger partial charge in [-0.05, 0) is 37.5 Å². The van der Waals surface area contributed by atoms with Crippen molar-refractivity contribution in [3.05, 3.63) is 34.4 Å². The van der Waals surface area contributed by atoms with E-state index in [0.717, 1.165) is 16.7 Å². The first-order valence-electron chi connectivity index (χ1n) is 7.89. The molecule has 2 unspecified atom stereocenters. The molecule has 0 radical (unpaired) electrons. The minimum atomic E-state index is -2.64. The average molecular weight is 337 g/mol. The summed E-state index contributed by atoms with van der Waals surface area (Å²) in [5.41, 5.74) is 3.52. The number of rotatable bonds is 5. The molecule has 1 saturated carbocycles. The molecule has 0 aliphatic heterocycles. The van der Waals surface area contributed by atoms with Crippen LogP contribution in [0.2, 0.25) is 0 Å². The van der Waals surface area contributed by atoms with E-state index < -0.39 is 30.7 Å². The molecule has 24 heavy (non-hydrogen) atoms.